The third-order valence-electron chi connectivity index (χ3n) is 3.82. The van der Waals surface area contributed by atoms with Gasteiger partial charge < -0.3 is 21.7 Å². The minimum absolute atomic E-state index is 0. The van der Waals surface area contributed by atoms with Crippen LogP contribution >= 0.6 is 0 Å². The summed E-state index contributed by atoms with van der Waals surface area (Å²) in [6.45, 7) is 7.88. The largest absolute Gasteiger partial charge is 2.00 e. The van der Waals surface area contributed by atoms with Crippen molar-refractivity contribution in [2.75, 3.05) is 13.1 Å². The molecule has 0 aromatic heterocycles. The van der Waals surface area contributed by atoms with E-state index in [0.717, 1.165) is 0 Å². The second-order valence-electron chi connectivity index (χ2n) is 6.08. The van der Waals surface area contributed by atoms with Crippen molar-refractivity contribution in [3.8, 4) is 0 Å². The van der Waals surface area contributed by atoms with Crippen LogP contribution in [0.4, 0.5) is 0 Å². The van der Waals surface area contributed by atoms with E-state index < -0.39 is 17.4 Å². The molecule has 0 aromatic rings. The van der Waals surface area contributed by atoms with Crippen molar-refractivity contribution in [3.05, 3.63) is 0 Å². The summed E-state index contributed by atoms with van der Waals surface area (Å²) in [6.07, 6.45) is 1.26. The fourth-order valence-electron chi connectivity index (χ4n) is 1.85. The molecule has 0 bridgehead atoms. The van der Waals surface area contributed by atoms with Gasteiger partial charge in [-0.05, 0) is 43.7 Å². The zero-order chi connectivity index (χ0) is 15.3. The first-order valence-corrected chi connectivity index (χ1v) is 6.48. The van der Waals surface area contributed by atoms with Crippen LogP contribution in [0.2, 0.25) is 0 Å². The van der Waals surface area contributed by atoms with Crippen LogP contribution in [-0.4, -0.2) is 35.2 Å². The maximum Gasteiger partial charge on any atom is 2.00 e. The van der Waals surface area contributed by atoms with Crippen LogP contribution in [0.25, 0.3) is 0 Å². The summed E-state index contributed by atoms with van der Waals surface area (Å²) in [7, 11) is 0. The summed E-state index contributed by atoms with van der Waals surface area (Å²) >= 11 is 0. The second-order valence-corrected chi connectivity index (χ2v) is 6.08. The molecule has 1 saturated carbocycles. The van der Waals surface area contributed by atoms with E-state index in [4.69, 9.17) is 21.7 Å². The van der Waals surface area contributed by atoms with Crippen molar-refractivity contribution >= 4 is 11.9 Å². The van der Waals surface area contributed by atoms with E-state index in [1.165, 1.54) is 0 Å². The average molecular weight is 469 g/mol. The van der Waals surface area contributed by atoms with E-state index in [0.29, 0.717) is 25.4 Å². The molecular weight excluding hydrogens is 443 g/mol. The summed E-state index contributed by atoms with van der Waals surface area (Å²) in [5.41, 5.74) is 9.80. The maximum absolute atomic E-state index is 10.4. The smallest absolute Gasteiger partial charge is 0.480 e. The van der Waals surface area contributed by atoms with Gasteiger partial charge in [-0.25, -0.2) is 0 Å². The Bertz CT molecular complexity index is 305. The van der Waals surface area contributed by atoms with Crippen LogP contribution < -0.4 is 11.5 Å². The van der Waals surface area contributed by atoms with Crippen LogP contribution in [-0.2, 0) is 30.7 Å². The number of hydrogen-bond donors (Lipinski definition) is 4. The predicted molar refractivity (Wildman–Crippen MR) is 72.6 cm³/mol. The molecule has 120 valence electrons. The van der Waals surface area contributed by atoms with Crippen LogP contribution in [0.5, 0.6) is 0 Å². The average Bonchev–Trinajstić information content (AvgIpc) is 2.14. The molecule has 1 aliphatic carbocycles. The molecule has 1 aliphatic rings. The molecule has 0 amide bonds. The molecule has 0 heterocycles. The van der Waals surface area contributed by atoms with Gasteiger partial charge in [0, 0.05) is 0 Å². The molecule has 20 heavy (non-hydrogen) atoms. The fraction of sp³-hybridized carbons (Fsp3) is 0.846. The summed E-state index contributed by atoms with van der Waals surface area (Å²) in [4.78, 5) is 20.7. The van der Waals surface area contributed by atoms with Gasteiger partial charge in [0.05, 0.1) is 0 Å². The van der Waals surface area contributed by atoms with Crippen molar-refractivity contribution in [1.29, 1.82) is 0 Å². The van der Waals surface area contributed by atoms with Crippen molar-refractivity contribution in [3.63, 3.8) is 0 Å². The monoisotopic (exact) mass is 469 g/mol. The normalized spacial score (nSPS) is 16.3. The standard InChI is InChI=1S/C7H18N2.C6H8O4.Pt/c1-7(2,3)6(4-8)5-9;7-4(8)6(5(9)10)2-1-3-6;/h6H,4-5,8-9H2,1-3H3;1-3H2,(H,7,8)(H,9,10);/q;;+2. The van der Waals surface area contributed by atoms with Gasteiger partial charge in [0.2, 0.25) is 0 Å². The molecule has 6 nitrogen and oxygen atoms in total. The predicted octanol–water partition coefficient (Wildman–Crippen LogP) is 0.890. The first-order chi connectivity index (χ1) is 8.61. The SMILES string of the molecule is CC(C)(C)C(CN)CN.O=C(O)C1(C(=O)O)CCC1.[Pt+2]. The van der Waals surface area contributed by atoms with Crippen molar-refractivity contribution in [2.24, 2.45) is 28.2 Å². The van der Waals surface area contributed by atoms with E-state index in [1.54, 1.807) is 0 Å². The molecule has 1 fully saturated rings. The third kappa shape index (κ3) is 5.50. The number of carboxylic acids is 2. The Labute approximate surface area is 134 Å². The topological polar surface area (TPSA) is 127 Å². The Kier molecular flexibility index (Phi) is 9.56. The zero-order valence-electron chi connectivity index (χ0n) is 12.3. The fourth-order valence-corrected chi connectivity index (χ4v) is 1.85. The van der Waals surface area contributed by atoms with Gasteiger partial charge in [0.15, 0.2) is 5.41 Å². The van der Waals surface area contributed by atoms with Crippen molar-refractivity contribution in [1.82, 2.24) is 0 Å². The molecule has 0 spiro atoms. The molecule has 1 rings (SSSR count). The molecule has 0 unspecified atom stereocenters. The minimum Gasteiger partial charge on any atom is -0.480 e. The third-order valence-corrected chi connectivity index (χ3v) is 3.82. The molecular formula is C13H26N2O4Pt+2. The van der Waals surface area contributed by atoms with E-state index >= 15 is 0 Å². The minimum atomic E-state index is -1.44. The zero-order valence-corrected chi connectivity index (χ0v) is 14.6. The van der Waals surface area contributed by atoms with Gasteiger partial charge in [-0.3, -0.25) is 9.59 Å². The van der Waals surface area contributed by atoms with Gasteiger partial charge in [0.1, 0.15) is 0 Å². The second kappa shape index (κ2) is 8.75. The molecule has 0 saturated heterocycles. The molecule has 0 atom stereocenters. The van der Waals surface area contributed by atoms with E-state index in [9.17, 15) is 9.59 Å². The Morgan fingerprint density at radius 3 is 1.45 bits per heavy atom. The molecule has 0 aliphatic heterocycles. The number of hydrogen-bond acceptors (Lipinski definition) is 4. The quantitative estimate of drug-likeness (QED) is 0.453. The summed E-state index contributed by atoms with van der Waals surface area (Å²) in [5, 5.41) is 16.9. The number of aliphatic carboxylic acids is 2. The van der Waals surface area contributed by atoms with E-state index in [2.05, 4.69) is 20.8 Å². The number of carboxylic acid groups (broad SMARTS) is 2. The summed E-state index contributed by atoms with van der Waals surface area (Å²) in [5.74, 6) is -1.95. The Hall–Kier alpha value is -0.452. The van der Waals surface area contributed by atoms with Crippen LogP contribution in [0.1, 0.15) is 40.0 Å². The Morgan fingerprint density at radius 1 is 1.10 bits per heavy atom. The van der Waals surface area contributed by atoms with Gasteiger partial charge in [-0.15, -0.1) is 0 Å². The molecule has 0 radical (unpaired) electrons. The van der Waals surface area contributed by atoms with Crippen molar-refractivity contribution < 1.29 is 40.9 Å². The van der Waals surface area contributed by atoms with Crippen molar-refractivity contribution in [2.45, 2.75) is 40.0 Å². The molecule has 0 aromatic carbocycles. The Morgan fingerprint density at radius 2 is 1.45 bits per heavy atom. The van der Waals surface area contributed by atoms with Gasteiger partial charge in [-0.2, -0.15) is 0 Å². The number of rotatable bonds is 4. The molecule has 7 heteroatoms. The first kappa shape index (κ1) is 21.8. The van der Waals surface area contributed by atoms with E-state index in [1.807, 2.05) is 0 Å². The summed E-state index contributed by atoms with van der Waals surface area (Å²) < 4.78 is 0. The summed E-state index contributed by atoms with van der Waals surface area (Å²) in [6, 6.07) is 0. The Balaban J connectivity index is 0. The van der Waals surface area contributed by atoms with Gasteiger partial charge in [0.25, 0.3) is 0 Å². The molecule has 6 N–H and O–H groups in total. The number of nitrogens with two attached hydrogens (primary N) is 2. The van der Waals surface area contributed by atoms with Gasteiger partial charge >= 0.3 is 33.0 Å². The maximum atomic E-state index is 10.4. The van der Waals surface area contributed by atoms with E-state index in [-0.39, 0.29) is 39.3 Å². The van der Waals surface area contributed by atoms with Gasteiger partial charge in [-0.1, -0.05) is 20.8 Å². The van der Waals surface area contributed by atoms with Crippen LogP contribution in [0, 0.1) is 16.7 Å². The van der Waals surface area contributed by atoms with Crippen LogP contribution in [0.15, 0.2) is 0 Å². The van der Waals surface area contributed by atoms with Crippen LogP contribution in [0.3, 0.4) is 0 Å². The number of carbonyl (C=O) groups is 2. The first-order valence-electron chi connectivity index (χ1n) is 6.48.